The van der Waals surface area contributed by atoms with Gasteiger partial charge in [-0.05, 0) is 44.5 Å². The van der Waals surface area contributed by atoms with Gasteiger partial charge in [-0.2, -0.15) is 5.26 Å². The van der Waals surface area contributed by atoms with E-state index < -0.39 is 0 Å². The highest BCUT2D eigenvalue weighted by atomic mass is 16.5. The zero-order valence-corrected chi connectivity index (χ0v) is 12.0. The van der Waals surface area contributed by atoms with Crippen molar-refractivity contribution in [3.8, 4) is 11.8 Å². The van der Waals surface area contributed by atoms with Crippen molar-refractivity contribution in [2.45, 2.75) is 31.8 Å². The van der Waals surface area contributed by atoms with E-state index >= 15 is 0 Å². The van der Waals surface area contributed by atoms with E-state index in [1.54, 1.807) is 12.3 Å². The highest BCUT2D eigenvalue weighted by Crippen LogP contribution is 2.43. The standard InChI is InChI=1S/C17H16N2O2/c1-17(2)9-14(12-4-3-7-19-16(12)20)13-8-11(10-18)5-6-15(13)21-17/h3-8,14H,9H2,1-2H3,(H,19,20). The Morgan fingerprint density at radius 3 is 2.86 bits per heavy atom. The van der Waals surface area contributed by atoms with Crippen molar-refractivity contribution < 1.29 is 4.74 Å². The molecule has 1 atom stereocenters. The van der Waals surface area contributed by atoms with Crippen LogP contribution in [0.1, 0.15) is 42.9 Å². The Morgan fingerprint density at radius 2 is 2.14 bits per heavy atom. The molecule has 1 unspecified atom stereocenters. The Bertz CT molecular complexity index is 784. The van der Waals surface area contributed by atoms with Crippen LogP contribution in [-0.4, -0.2) is 10.6 Å². The van der Waals surface area contributed by atoms with Crippen LogP contribution in [-0.2, 0) is 0 Å². The van der Waals surface area contributed by atoms with Gasteiger partial charge in [-0.3, -0.25) is 4.79 Å². The summed E-state index contributed by atoms with van der Waals surface area (Å²) in [6, 6.07) is 11.2. The van der Waals surface area contributed by atoms with E-state index in [1.807, 2.05) is 38.1 Å². The maximum Gasteiger partial charge on any atom is 0.251 e. The van der Waals surface area contributed by atoms with Crippen LogP contribution in [0.4, 0.5) is 0 Å². The molecule has 1 aliphatic heterocycles. The summed E-state index contributed by atoms with van der Waals surface area (Å²) in [5.74, 6) is 0.681. The van der Waals surface area contributed by atoms with Crippen molar-refractivity contribution in [1.82, 2.24) is 4.98 Å². The number of pyridine rings is 1. The molecular formula is C17H16N2O2. The molecule has 1 aromatic heterocycles. The van der Waals surface area contributed by atoms with Crippen LogP contribution in [0.5, 0.6) is 5.75 Å². The first-order valence-corrected chi connectivity index (χ1v) is 6.91. The van der Waals surface area contributed by atoms with Crippen molar-refractivity contribution >= 4 is 0 Å². The van der Waals surface area contributed by atoms with Gasteiger partial charge in [0.25, 0.3) is 5.56 Å². The van der Waals surface area contributed by atoms with E-state index in [0.29, 0.717) is 17.5 Å². The number of fused-ring (bicyclic) bond motifs is 1. The van der Waals surface area contributed by atoms with Crippen LogP contribution < -0.4 is 10.3 Å². The molecule has 0 saturated heterocycles. The van der Waals surface area contributed by atoms with Crippen LogP contribution in [0, 0.1) is 11.3 Å². The van der Waals surface area contributed by atoms with E-state index in [-0.39, 0.29) is 17.1 Å². The third kappa shape index (κ3) is 2.43. The molecule has 106 valence electrons. The Hall–Kier alpha value is -2.54. The lowest BCUT2D eigenvalue weighted by molar-refractivity contribution is 0.0773. The number of aromatic amines is 1. The van der Waals surface area contributed by atoms with Crippen LogP contribution in [0.3, 0.4) is 0 Å². The van der Waals surface area contributed by atoms with Crippen LogP contribution in [0.15, 0.2) is 41.3 Å². The first kappa shape index (κ1) is 13.4. The number of nitrogens with one attached hydrogen (secondary N) is 1. The molecule has 2 heterocycles. The Balaban J connectivity index is 2.20. The van der Waals surface area contributed by atoms with Gasteiger partial charge in [0.15, 0.2) is 0 Å². The molecule has 1 N–H and O–H groups in total. The normalized spacial score (nSPS) is 19.2. The summed E-state index contributed by atoms with van der Waals surface area (Å²) in [5.41, 5.74) is 1.76. The zero-order valence-electron chi connectivity index (χ0n) is 12.0. The Labute approximate surface area is 123 Å². The van der Waals surface area contributed by atoms with Crippen molar-refractivity contribution in [2.24, 2.45) is 0 Å². The van der Waals surface area contributed by atoms with Gasteiger partial charge in [-0.15, -0.1) is 0 Å². The summed E-state index contributed by atoms with van der Waals surface area (Å²) >= 11 is 0. The molecule has 21 heavy (non-hydrogen) atoms. The second kappa shape index (κ2) is 4.78. The molecule has 0 radical (unpaired) electrons. The number of hydrogen-bond donors (Lipinski definition) is 1. The first-order chi connectivity index (χ1) is 10.00. The highest BCUT2D eigenvalue weighted by Gasteiger charge is 2.35. The minimum absolute atomic E-state index is 0.0676. The van der Waals surface area contributed by atoms with E-state index in [2.05, 4.69) is 11.1 Å². The number of benzene rings is 1. The molecule has 0 spiro atoms. The summed E-state index contributed by atoms with van der Waals surface area (Å²) in [7, 11) is 0. The monoisotopic (exact) mass is 280 g/mol. The smallest absolute Gasteiger partial charge is 0.251 e. The summed E-state index contributed by atoms with van der Waals surface area (Å²) in [6.07, 6.45) is 2.32. The van der Waals surface area contributed by atoms with Crippen molar-refractivity contribution in [1.29, 1.82) is 5.26 Å². The fraction of sp³-hybridized carbons (Fsp3) is 0.294. The quantitative estimate of drug-likeness (QED) is 0.873. The molecule has 1 aromatic carbocycles. The van der Waals surface area contributed by atoms with E-state index in [4.69, 9.17) is 10.00 Å². The summed E-state index contributed by atoms with van der Waals surface area (Å²) in [5, 5.41) is 9.09. The van der Waals surface area contributed by atoms with Gasteiger partial charge in [-0.25, -0.2) is 0 Å². The average Bonchev–Trinajstić information content (AvgIpc) is 2.46. The third-order valence-electron chi connectivity index (χ3n) is 3.82. The minimum atomic E-state index is -0.353. The van der Waals surface area contributed by atoms with Crippen molar-refractivity contribution in [2.75, 3.05) is 0 Å². The van der Waals surface area contributed by atoms with Crippen LogP contribution in [0.25, 0.3) is 0 Å². The van der Waals surface area contributed by atoms with Gasteiger partial charge in [0.1, 0.15) is 11.4 Å². The first-order valence-electron chi connectivity index (χ1n) is 6.91. The number of aromatic nitrogens is 1. The lowest BCUT2D eigenvalue weighted by Gasteiger charge is -2.37. The number of H-pyrrole nitrogens is 1. The van der Waals surface area contributed by atoms with Gasteiger partial charge in [0, 0.05) is 23.2 Å². The van der Waals surface area contributed by atoms with E-state index in [0.717, 1.165) is 11.3 Å². The van der Waals surface area contributed by atoms with Gasteiger partial charge in [0.05, 0.1) is 11.6 Å². The molecular weight excluding hydrogens is 264 g/mol. The molecule has 4 nitrogen and oxygen atoms in total. The molecule has 3 rings (SSSR count). The summed E-state index contributed by atoms with van der Waals surface area (Å²) in [4.78, 5) is 14.9. The number of nitrogens with zero attached hydrogens (tertiary/aromatic N) is 1. The lowest BCUT2D eigenvalue weighted by Crippen LogP contribution is -2.36. The minimum Gasteiger partial charge on any atom is -0.488 e. The number of nitriles is 1. The fourth-order valence-corrected chi connectivity index (χ4v) is 2.91. The largest absolute Gasteiger partial charge is 0.488 e. The predicted octanol–water partition coefficient (Wildman–Crippen LogP) is 2.94. The molecule has 0 bridgehead atoms. The summed E-state index contributed by atoms with van der Waals surface area (Å²) in [6.45, 7) is 4.02. The Kier molecular flexibility index (Phi) is 3.06. The Morgan fingerprint density at radius 1 is 1.33 bits per heavy atom. The second-order valence-corrected chi connectivity index (χ2v) is 5.94. The molecule has 0 saturated carbocycles. The van der Waals surface area contributed by atoms with Crippen molar-refractivity contribution in [3.05, 3.63) is 63.6 Å². The maximum atomic E-state index is 12.1. The maximum absolute atomic E-state index is 12.1. The molecule has 2 aromatic rings. The lowest BCUT2D eigenvalue weighted by atomic mass is 9.80. The highest BCUT2D eigenvalue weighted by molar-refractivity contribution is 5.49. The van der Waals surface area contributed by atoms with Crippen LogP contribution >= 0.6 is 0 Å². The third-order valence-corrected chi connectivity index (χ3v) is 3.82. The number of rotatable bonds is 1. The van der Waals surface area contributed by atoms with Gasteiger partial charge in [-0.1, -0.05) is 6.07 Å². The van der Waals surface area contributed by atoms with Crippen molar-refractivity contribution in [3.63, 3.8) is 0 Å². The fourth-order valence-electron chi connectivity index (χ4n) is 2.91. The molecule has 1 aliphatic rings. The van der Waals surface area contributed by atoms with Gasteiger partial charge in [0.2, 0.25) is 0 Å². The zero-order chi connectivity index (χ0) is 15.0. The van der Waals surface area contributed by atoms with Gasteiger partial charge >= 0.3 is 0 Å². The number of hydrogen-bond acceptors (Lipinski definition) is 3. The molecule has 0 aliphatic carbocycles. The van der Waals surface area contributed by atoms with Crippen LogP contribution in [0.2, 0.25) is 0 Å². The molecule has 4 heteroatoms. The second-order valence-electron chi connectivity index (χ2n) is 5.94. The molecule has 0 amide bonds. The SMILES string of the molecule is CC1(C)CC(c2ccc[nH]c2=O)c2cc(C#N)ccc2O1. The van der Waals surface area contributed by atoms with E-state index in [1.165, 1.54) is 0 Å². The van der Waals surface area contributed by atoms with Gasteiger partial charge < -0.3 is 9.72 Å². The topological polar surface area (TPSA) is 65.9 Å². The average molecular weight is 280 g/mol. The van der Waals surface area contributed by atoms with E-state index in [9.17, 15) is 4.79 Å². The predicted molar refractivity (Wildman–Crippen MR) is 79.4 cm³/mol. The number of ether oxygens (including phenoxy) is 1. The summed E-state index contributed by atoms with van der Waals surface area (Å²) < 4.78 is 5.99. The molecule has 0 fully saturated rings.